The monoisotopic (exact) mass is 315 g/mol. The van der Waals surface area contributed by atoms with Gasteiger partial charge in [-0.1, -0.05) is 6.07 Å². The number of hydrogen-bond donors (Lipinski definition) is 2. The summed E-state index contributed by atoms with van der Waals surface area (Å²) in [6.45, 7) is 4.21. The van der Waals surface area contributed by atoms with E-state index in [2.05, 4.69) is 15.6 Å². The average Bonchev–Trinajstić information content (AvgIpc) is 2.91. The molecule has 2 N–H and O–H groups in total. The number of alkyl halides is 3. The van der Waals surface area contributed by atoms with Crippen LogP contribution in [0.4, 0.5) is 24.8 Å². The number of nitrogens with one attached hydrogen (secondary N) is 2. The highest BCUT2D eigenvalue weighted by Gasteiger charge is 2.31. The van der Waals surface area contributed by atoms with Crippen molar-refractivity contribution in [2.45, 2.75) is 26.1 Å². The summed E-state index contributed by atoms with van der Waals surface area (Å²) in [7, 11) is 0. The maximum atomic E-state index is 12.9. The molecule has 0 aliphatic rings. The van der Waals surface area contributed by atoms with Gasteiger partial charge in [0.05, 0.1) is 11.6 Å². The Morgan fingerprint density at radius 2 is 2.00 bits per heavy atom. The summed E-state index contributed by atoms with van der Waals surface area (Å²) in [4.78, 5) is 5.21. The van der Waals surface area contributed by atoms with Gasteiger partial charge in [-0.25, -0.2) is 4.98 Å². The van der Waals surface area contributed by atoms with Crippen LogP contribution in [0.3, 0.4) is 0 Å². The van der Waals surface area contributed by atoms with E-state index < -0.39 is 11.7 Å². The zero-order valence-corrected chi connectivity index (χ0v) is 12.5. The third-order valence-corrected chi connectivity index (χ3v) is 3.90. The summed E-state index contributed by atoms with van der Waals surface area (Å²) in [5.74, 6) is 0.426. The van der Waals surface area contributed by atoms with Crippen molar-refractivity contribution < 1.29 is 13.2 Å². The van der Waals surface area contributed by atoms with Crippen LogP contribution >= 0.6 is 11.3 Å². The van der Waals surface area contributed by atoms with E-state index in [0.717, 1.165) is 17.0 Å². The van der Waals surface area contributed by atoms with Crippen molar-refractivity contribution in [1.29, 1.82) is 0 Å². The average molecular weight is 315 g/mol. The van der Waals surface area contributed by atoms with Gasteiger partial charge in [0, 0.05) is 11.4 Å². The third kappa shape index (κ3) is 4.10. The van der Waals surface area contributed by atoms with Crippen LogP contribution in [-0.2, 0) is 6.18 Å². The molecule has 0 aliphatic heterocycles. The lowest BCUT2D eigenvalue weighted by Crippen LogP contribution is -2.12. The summed E-state index contributed by atoms with van der Waals surface area (Å²) in [5.41, 5.74) is -0.714. The normalized spacial score (nSPS) is 13.0. The molecule has 7 heteroatoms. The molecule has 0 aliphatic carbocycles. The number of thiophene rings is 1. The van der Waals surface area contributed by atoms with Crippen LogP contribution in [0.15, 0.2) is 29.6 Å². The molecule has 2 rings (SSSR count). The molecule has 114 valence electrons. The van der Waals surface area contributed by atoms with E-state index in [1.54, 1.807) is 11.3 Å². The smallest absolute Gasteiger partial charge is 0.370 e. The molecule has 0 radical (unpaired) electrons. The molecule has 0 spiro atoms. The molecule has 0 aromatic carbocycles. The summed E-state index contributed by atoms with van der Waals surface area (Å²) in [5, 5.41) is 7.76. The highest BCUT2D eigenvalue weighted by Crippen LogP contribution is 2.33. The molecular weight excluding hydrogens is 299 g/mol. The lowest BCUT2D eigenvalue weighted by atomic mass is 10.2. The molecule has 0 amide bonds. The molecule has 0 saturated heterocycles. The highest BCUT2D eigenvalue weighted by molar-refractivity contribution is 7.10. The zero-order chi connectivity index (χ0) is 15.5. The first-order chi connectivity index (χ1) is 9.90. The first-order valence-electron chi connectivity index (χ1n) is 6.53. The Morgan fingerprint density at radius 3 is 2.57 bits per heavy atom. The van der Waals surface area contributed by atoms with Crippen molar-refractivity contribution in [2.75, 3.05) is 17.2 Å². The SMILES string of the molecule is CCNc1cc(C(F)(F)F)cc(NC(C)c2cccs2)n1. The number of halogens is 3. The highest BCUT2D eigenvalue weighted by atomic mass is 32.1. The predicted octanol–water partition coefficient (Wildman–Crippen LogP) is 4.77. The van der Waals surface area contributed by atoms with Gasteiger partial charge in [-0.2, -0.15) is 13.2 Å². The van der Waals surface area contributed by atoms with Gasteiger partial charge in [0.2, 0.25) is 0 Å². The van der Waals surface area contributed by atoms with E-state index in [-0.39, 0.29) is 17.7 Å². The molecule has 2 aromatic rings. The predicted molar refractivity (Wildman–Crippen MR) is 79.8 cm³/mol. The van der Waals surface area contributed by atoms with Crippen LogP contribution in [0.2, 0.25) is 0 Å². The number of rotatable bonds is 5. The molecule has 0 saturated carbocycles. The number of anilines is 2. The van der Waals surface area contributed by atoms with E-state index in [0.29, 0.717) is 6.54 Å². The van der Waals surface area contributed by atoms with Gasteiger partial charge in [-0.05, 0) is 37.4 Å². The van der Waals surface area contributed by atoms with Crippen LogP contribution in [0, 0.1) is 0 Å². The first kappa shape index (κ1) is 15.6. The third-order valence-electron chi connectivity index (χ3n) is 2.84. The topological polar surface area (TPSA) is 37.0 Å². The molecule has 1 unspecified atom stereocenters. The van der Waals surface area contributed by atoms with Crippen molar-refractivity contribution in [1.82, 2.24) is 4.98 Å². The van der Waals surface area contributed by atoms with Crippen molar-refractivity contribution in [3.63, 3.8) is 0 Å². The van der Waals surface area contributed by atoms with Crippen molar-refractivity contribution in [2.24, 2.45) is 0 Å². The van der Waals surface area contributed by atoms with Crippen molar-refractivity contribution >= 4 is 23.0 Å². The van der Waals surface area contributed by atoms with Gasteiger partial charge in [-0.15, -0.1) is 11.3 Å². The Morgan fingerprint density at radius 1 is 1.29 bits per heavy atom. The van der Waals surface area contributed by atoms with Crippen LogP contribution in [0.5, 0.6) is 0 Å². The van der Waals surface area contributed by atoms with E-state index in [1.165, 1.54) is 0 Å². The number of hydrogen-bond acceptors (Lipinski definition) is 4. The van der Waals surface area contributed by atoms with Gasteiger partial charge >= 0.3 is 6.18 Å². The summed E-state index contributed by atoms with van der Waals surface area (Å²) >= 11 is 1.55. The largest absolute Gasteiger partial charge is 0.416 e. The molecule has 0 fully saturated rings. The Kier molecular flexibility index (Phi) is 4.72. The molecule has 2 aromatic heterocycles. The van der Waals surface area contributed by atoms with Crippen LogP contribution in [0.25, 0.3) is 0 Å². The lowest BCUT2D eigenvalue weighted by Gasteiger charge is -2.16. The van der Waals surface area contributed by atoms with Crippen molar-refractivity contribution in [3.05, 3.63) is 40.1 Å². The van der Waals surface area contributed by atoms with E-state index in [1.807, 2.05) is 31.4 Å². The maximum absolute atomic E-state index is 12.9. The Balaban J connectivity index is 2.27. The van der Waals surface area contributed by atoms with Gasteiger partial charge < -0.3 is 10.6 Å². The summed E-state index contributed by atoms with van der Waals surface area (Å²) in [6.07, 6.45) is -4.39. The van der Waals surface area contributed by atoms with Gasteiger partial charge in [0.15, 0.2) is 0 Å². The van der Waals surface area contributed by atoms with E-state index in [9.17, 15) is 13.2 Å². The molecule has 0 bridgehead atoms. The van der Waals surface area contributed by atoms with E-state index in [4.69, 9.17) is 0 Å². The second-order valence-corrected chi connectivity index (χ2v) is 5.52. The second-order valence-electron chi connectivity index (χ2n) is 4.54. The molecule has 2 heterocycles. The fourth-order valence-corrected chi connectivity index (χ4v) is 2.60. The van der Waals surface area contributed by atoms with Gasteiger partial charge in [0.1, 0.15) is 11.6 Å². The van der Waals surface area contributed by atoms with E-state index >= 15 is 0 Å². The lowest BCUT2D eigenvalue weighted by molar-refractivity contribution is -0.137. The maximum Gasteiger partial charge on any atom is 0.416 e. The Bertz CT molecular complexity index is 582. The Hall–Kier alpha value is -1.76. The second kappa shape index (κ2) is 6.34. The number of nitrogens with zero attached hydrogens (tertiary/aromatic N) is 1. The molecule has 3 nitrogen and oxygen atoms in total. The number of aromatic nitrogens is 1. The van der Waals surface area contributed by atoms with Gasteiger partial charge in [-0.3, -0.25) is 0 Å². The summed E-state index contributed by atoms with van der Waals surface area (Å²) < 4.78 is 38.8. The van der Waals surface area contributed by atoms with Crippen LogP contribution in [-0.4, -0.2) is 11.5 Å². The number of pyridine rings is 1. The minimum Gasteiger partial charge on any atom is -0.370 e. The van der Waals surface area contributed by atoms with Crippen molar-refractivity contribution in [3.8, 4) is 0 Å². The minimum atomic E-state index is -4.39. The van der Waals surface area contributed by atoms with Crippen LogP contribution in [0.1, 0.15) is 30.3 Å². The molecular formula is C14H16F3N3S. The Labute approximate surface area is 125 Å². The first-order valence-corrected chi connectivity index (χ1v) is 7.41. The standard InChI is InChI=1S/C14H16F3N3S/c1-3-18-12-7-10(14(15,16)17)8-13(20-12)19-9(2)11-5-4-6-21-11/h4-9H,3H2,1-2H3,(H2,18,19,20). The molecule has 21 heavy (non-hydrogen) atoms. The van der Waals surface area contributed by atoms with Crippen LogP contribution < -0.4 is 10.6 Å². The quantitative estimate of drug-likeness (QED) is 0.835. The molecule has 1 atom stereocenters. The zero-order valence-electron chi connectivity index (χ0n) is 11.7. The minimum absolute atomic E-state index is 0.101. The fourth-order valence-electron chi connectivity index (χ4n) is 1.87. The fraction of sp³-hybridized carbons (Fsp3) is 0.357. The van der Waals surface area contributed by atoms with Gasteiger partial charge in [0.25, 0.3) is 0 Å². The summed E-state index contributed by atoms with van der Waals surface area (Å²) in [6, 6.07) is 5.79.